The minimum atomic E-state index is 0.0318. The molecule has 0 bridgehead atoms. The van der Waals surface area contributed by atoms with Gasteiger partial charge in [-0.25, -0.2) is 0 Å². The zero-order valence-corrected chi connectivity index (χ0v) is 11.6. The highest BCUT2D eigenvalue weighted by Gasteiger charge is 2.26. The molecule has 3 heterocycles. The van der Waals surface area contributed by atoms with Gasteiger partial charge in [0.25, 0.3) is 5.91 Å². The van der Waals surface area contributed by atoms with E-state index in [0.717, 1.165) is 25.9 Å². The van der Waals surface area contributed by atoms with Crippen LogP contribution in [0.5, 0.6) is 0 Å². The molecule has 0 radical (unpaired) electrons. The first-order chi connectivity index (χ1) is 9.74. The van der Waals surface area contributed by atoms with Gasteiger partial charge in [0.2, 0.25) is 0 Å². The van der Waals surface area contributed by atoms with Crippen LogP contribution in [0.25, 0.3) is 0 Å². The number of carbonyl (C=O) groups excluding carboxylic acids is 1. The first kappa shape index (κ1) is 12.8. The predicted octanol–water partition coefficient (Wildman–Crippen LogP) is 1.83. The van der Waals surface area contributed by atoms with Gasteiger partial charge in [-0.1, -0.05) is 0 Å². The van der Waals surface area contributed by atoms with Crippen molar-refractivity contribution in [1.29, 1.82) is 0 Å². The van der Waals surface area contributed by atoms with Crippen molar-refractivity contribution in [2.24, 2.45) is 7.05 Å². The van der Waals surface area contributed by atoms with E-state index in [-0.39, 0.29) is 5.91 Å². The van der Waals surface area contributed by atoms with Gasteiger partial charge in [-0.15, -0.1) is 0 Å². The van der Waals surface area contributed by atoms with E-state index < -0.39 is 0 Å². The van der Waals surface area contributed by atoms with Crippen molar-refractivity contribution in [1.82, 2.24) is 19.7 Å². The first-order valence-corrected chi connectivity index (χ1v) is 6.93. The Bertz CT molecular complexity index is 593. The van der Waals surface area contributed by atoms with E-state index in [1.54, 1.807) is 16.9 Å². The van der Waals surface area contributed by atoms with E-state index in [4.69, 9.17) is 0 Å². The zero-order valence-electron chi connectivity index (χ0n) is 11.6. The molecule has 1 amide bonds. The van der Waals surface area contributed by atoms with Crippen molar-refractivity contribution in [3.05, 3.63) is 48.0 Å². The van der Waals surface area contributed by atoms with Crippen LogP contribution in [0, 0.1) is 0 Å². The smallest absolute Gasteiger partial charge is 0.274 e. The van der Waals surface area contributed by atoms with Crippen molar-refractivity contribution < 1.29 is 4.79 Å². The molecule has 1 saturated heterocycles. The number of nitrogens with zero attached hydrogens (tertiary/aromatic N) is 4. The van der Waals surface area contributed by atoms with Crippen LogP contribution in [0.1, 0.15) is 34.8 Å². The molecule has 3 rings (SSSR count). The molecule has 0 aromatic carbocycles. The number of likely N-dealkylation sites (tertiary alicyclic amines) is 1. The quantitative estimate of drug-likeness (QED) is 0.836. The Morgan fingerprint density at radius 2 is 2.10 bits per heavy atom. The molecule has 1 atom stereocenters. The lowest BCUT2D eigenvalue weighted by Crippen LogP contribution is -2.39. The van der Waals surface area contributed by atoms with Crippen molar-refractivity contribution in [2.45, 2.75) is 18.8 Å². The second kappa shape index (κ2) is 5.45. The van der Waals surface area contributed by atoms with Crippen LogP contribution in [-0.2, 0) is 7.05 Å². The van der Waals surface area contributed by atoms with Crippen molar-refractivity contribution in [3.63, 3.8) is 0 Å². The summed E-state index contributed by atoms with van der Waals surface area (Å²) in [7, 11) is 1.83. The molecule has 0 saturated carbocycles. The third kappa shape index (κ3) is 2.57. The van der Waals surface area contributed by atoms with Gasteiger partial charge < -0.3 is 4.90 Å². The first-order valence-electron chi connectivity index (χ1n) is 6.93. The Labute approximate surface area is 118 Å². The Morgan fingerprint density at radius 3 is 2.80 bits per heavy atom. The van der Waals surface area contributed by atoms with Gasteiger partial charge in [-0.05, 0) is 36.6 Å². The molecule has 5 heteroatoms. The van der Waals surface area contributed by atoms with E-state index in [1.807, 2.05) is 36.5 Å². The second-order valence-corrected chi connectivity index (χ2v) is 5.25. The topological polar surface area (TPSA) is 51.0 Å². The molecule has 104 valence electrons. The molecular formula is C15H18N4O. The van der Waals surface area contributed by atoms with Gasteiger partial charge in [0.15, 0.2) is 0 Å². The normalized spacial score (nSPS) is 19.1. The summed E-state index contributed by atoms with van der Waals surface area (Å²) in [4.78, 5) is 18.4. The van der Waals surface area contributed by atoms with Crippen molar-refractivity contribution >= 4 is 5.91 Å². The number of rotatable bonds is 2. The molecular weight excluding hydrogens is 252 g/mol. The van der Waals surface area contributed by atoms with Crippen LogP contribution in [0.4, 0.5) is 0 Å². The lowest BCUT2D eigenvalue weighted by atomic mass is 9.91. The molecule has 0 unspecified atom stereocenters. The number of aromatic nitrogens is 3. The van der Waals surface area contributed by atoms with Crippen LogP contribution in [-0.4, -0.2) is 38.7 Å². The average molecular weight is 270 g/mol. The molecule has 0 N–H and O–H groups in total. The summed E-state index contributed by atoms with van der Waals surface area (Å²) in [5, 5.41) is 4.20. The fraction of sp³-hybridized carbons (Fsp3) is 0.400. The Balaban J connectivity index is 1.74. The van der Waals surface area contributed by atoms with Crippen LogP contribution in [0.15, 0.2) is 36.8 Å². The summed E-state index contributed by atoms with van der Waals surface area (Å²) in [6, 6.07) is 5.86. The third-order valence-corrected chi connectivity index (χ3v) is 3.82. The second-order valence-electron chi connectivity index (χ2n) is 5.25. The van der Waals surface area contributed by atoms with Crippen molar-refractivity contribution in [3.8, 4) is 0 Å². The highest BCUT2D eigenvalue weighted by molar-refractivity contribution is 5.92. The van der Waals surface area contributed by atoms with Gasteiger partial charge in [0.1, 0.15) is 5.69 Å². The van der Waals surface area contributed by atoms with E-state index in [9.17, 15) is 4.79 Å². The SMILES string of the molecule is Cn1ccc(C(=O)N2CCC[C@@H](c3ccncc3)C2)n1. The maximum absolute atomic E-state index is 12.4. The minimum Gasteiger partial charge on any atom is -0.337 e. The largest absolute Gasteiger partial charge is 0.337 e. The number of amides is 1. The molecule has 5 nitrogen and oxygen atoms in total. The van der Waals surface area contributed by atoms with Crippen LogP contribution < -0.4 is 0 Å². The maximum atomic E-state index is 12.4. The van der Waals surface area contributed by atoms with Crippen LogP contribution in [0.2, 0.25) is 0 Å². The number of piperidine rings is 1. The number of aryl methyl sites for hydroxylation is 1. The summed E-state index contributed by atoms with van der Waals surface area (Å²) in [6.07, 6.45) is 7.59. The number of pyridine rings is 1. The summed E-state index contributed by atoms with van der Waals surface area (Å²) in [5.74, 6) is 0.434. The highest BCUT2D eigenvalue weighted by atomic mass is 16.2. The Hall–Kier alpha value is -2.17. The fourth-order valence-corrected chi connectivity index (χ4v) is 2.76. The van der Waals surface area contributed by atoms with E-state index in [0.29, 0.717) is 11.6 Å². The zero-order chi connectivity index (χ0) is 13.9. The lowest BCUT2D eigenvalue weighted by Gasteiger charge is -2.32. The van der Waals surface area contributed by atoms with E-state index in [1.165, 1.54) is 5.56 Å². The maximum Gasteiger partial charge on any atom is 0.274 e. The van der Waals surface area contributed by atoms with Gasteiger partial charge in [-0.2, -0.15) is 5.10 Å². The average Bonchev–Trinajstić information content (AvgIpc) is 2.94. The van der Waals surface area contributed by atoms with Crippen LogP contribution >= 0.6 is 0 Å². The molecule has 20 heavy (non-hydrogen) atoms. The fourth-order valence-electron chi connectivity index (χ4n) is 2.76. The van der Waals surface area contributed by atoms with E-state index >= 15 is 0 Å². The lowest BCUT2D eigenvalue weighted by molar-refractivity contribution is 0.0700. The van der Waals surface area contributed by atoms with Gasteiger partial charge >= 0.3 is 0 Å². The molecule has 1 fully saturated rings. The summed E-state index contributed by atoms with van der Waals surface area (Å²) < 4.78 is 1.66. The molecule has 2 aromatic rings. The molecule has 1 aliphatic rings. The minimum absolute atomic E-state index is 0.0318. The summed E-state index contributed by atoms with van der Waals surface area (Å²) >= 11 is 0. The Morgan fingerprint density at radius 1 is 1.30 bits per heavy atom. The highest BCUT2D eigenvalue weighted by Crippen LogP contribution is 2.27. The molecule has 0 aliphatic carbocycles. The van der Waals surface area contributed by atoms with Gasteiger partial charge in [-0.3, -0.25) is 14.5 Å². The predicted molar refractivity (Wildman–Crippen MR) is 75.3 cm³/mol. The monoisotopic (exact) mass is 270 g/mol. The van der Waals surface area contributed by atoms with Gasteiger partial charge in [0, 0.05) is 44.6 Å². The van der Waals surface area contributed by atoms with Gasteiger partial charge in [0.05, 0.1) is 0 Å². The van der Waals surface area contributed by atoms with Crippen molar-refractivity contribution in [2.75, 3.05) is 13.1 Å². The standard InChI is InChI=1S/C15H18N4O/c1-18-10-6-14(17-18)15(20)19-9-2-3-13(11-19)12-4-7-16-8-5-12/h4-8,10,13H,2-3,9,11H2,1H3/t13-/m1/s1. The summed E-state index contributed by atoms with van der Waals surface area (Å²) in [6.45, 7) is 1.58. The summed E-state index contributed by atoms with van der Waals surface area (Å²) in [5.41, 5.74) is 1.79. The van der Waals surface area contributed by atoms with E-state index in [2.05, 4.69) is 10.1 Å². The third-order valence-electron chi connectivity index (χ3n) is 3.82. The van der Waals surface area contributed by atoms with Crippen LogP contribution in [0.3, 0.4) is 0 Å². The number of hydrogen-bond acceptors (Lipinski definition) is 3. The molecule has 2 aromatic heterocycles. The molecule has 1 aliphatic heterocycles. The molecule has 0 spiro atoms. The number of hydrogen-bond donors (Lipinski definition) is 0. The number of carbonyl (C=O) groups is 1. The Kier molecular flexibility index (Phi) is 3.50.